The van der Waals surface area contributed by atoms with Gasteiger partial charge in [-0.25, -0.2) is 9.79 Å². The summed E-state index contributed by atoms with van der Waals surface area (Å²) >= 11 is 5.49. The van der Waals surface area contributed by atoms with Crippen LogP contribution in [0.3, 0.4) is 0 Å². The van der Waals surface area contributed by atoms with Crippen molar-refractivity contribution < 1.29 is 9.53 Å². The molecule has 0 fully saturated rings. The zero-order valence-corrected chi connectivity index (χ0v) is 7.76. The van der Waals surface area contributed by atoms with Crippen LogP contribution in [0, 0.1) is 0 Å². The molecule has 0 aromatic heterocycles. The summed E-state index contributed by atoms with van der Waals surface area (Å²) in [4.78, 5) is 14.5. The Kier molecular flexibility index (Phi) is 5.04. The molecule has 12 heavy (non-hydrogen) atoms. The summed E-state index contributed by atoms with van der Waals surface area (Å²) in [5.74, 6) is -0.424. The van der Waals surface area contributed by atoms with Gasteiger partial charge in [-0.15, -0.1) is 0 Å². The number of nitrogens with zero attached hydrogens (tertiary/aromatic N) is 1. The number of methoxy groups -OCH3 is 1. The van der Waals surface area contributed by atoms with Crippen molar-refractivity contribution in [1.82, 2.24) is 0 Å². The highest BCUT2D eigenvalue weighted by Gasteiger charge is 2.00. The normalized spacial score (nSPS) is 12.6. The van der Waals surface area contributed by atoms with Crippen LogP contribution in [0.15, 0.2) is 29.4 Å². The summed E-state index contributed by atoms with van der Waals surface area (Å²) in [6.07, 6.45) is 2.71. The number of halogens is 1. The van der Waals surface area contributed by atoms with Gasteiger partial charge in [0, 0.05) is 6.20 Å². The lowest BCUT2D eigenvalue weighted by molar-refractivity contribution is -0.136. The van der Waals surface area contributed by atoms with Crippen LogP contribution in [0.2, 0.25) is 0 Å². The third kappa shape index (κ3) is 3.93. The molecule has 0 unspecified atom stereocenters. The van der Waals surface area contributed by atoms with Crippen LogP contribution in [-0.4, -0.2) is 18.2 Å². The molecular weight excluding hydrogens is 178 g/mol. The van der Waals surface area contributed by atoms with Gasteiger partial charge >= 0.3 is 5.97 Å². The van der Waals surface area contributed by atoms with Crippen molar-refractivity contribution in [3.8, 4) is 0 Å². The molecule has 0 saturated heterocycles. The number of allylic oxidation sites excluding steroid dienone is 1. The Balaban J connectivity index is 4.37. The molecule has 0 bridgehead atoms. The zero-order chi connectivity index (χ0) is 9.56. The van der Waals surface area contributed by atoms with E-state index in [0.29, 0.717) is 5.57 Å². The topological polar surface area (TPSA) is 38.7 Å². The van der Waals surface area contributed by atoms with Gasteiger partial charge in [0.15, 0.2) is 0 Å². The van der Waals surface area contributed by atoms with E-state index in [1.807, 2.05) is 0 Å². The van der Waals surface area contributed by atoms with Crippen LogP contribution in [-0.2, 0) is 9.53 Å². The molecule has 0 aliphatic rings. The number of rotatable bonds is 3. The molecule has 0 amide bonds. The first-order chi connectivity index (χ1) is 5.61. The number of carbonyl (C=O) groups excluding carboxylic acids is 1. The summed E-state index contributed by atoms with van der Waals surface area (Å²) in [6, 6.07) is 0. The SMILES string of the molecule is C=C/C(Cl)=N\C=C(/C)C(=O)OC. The van der Waals surface area contributed by atoms with E-state index in [1.165, 1.54) is 19.4 Å². The summed E-state index contributed by atoms with van der Waals surface area (Å²) in [6.45, 7) is 4.98. The van der Waals surface area contributed by atoms with Crippen LogP contribution in [0.1, 0.15) is 6.92 Å². The summed E-state index contributed by atoms with van der Waals surface area (Å²) < 4.78 is 4.43. The molecular formula is C8H10ClNO2. The molecule has 0 atom stereocenters. The molecule has 0 heterocycles. The molecule has 0 aliphatic carbocycles. The van der Waals surface area contributed by atoms with Crippen molar-refractivity contribution in [3.63, 3.8) is 0 Å². The van der Waals surface area contributed by atoms with E-state index < -0.39 is 5.97 Å². The van der Waals surface area contributed by atoms with Crippen LogP contribution in [0.25, 0.3) is 0 Å². The summed E-state index contributed by atoms with van der Waals surface area (Å²) in [5, 5.41) is 0.234. The number of hydrogen-bond donors (Lipinski definition) is 0. The van der Waals surface area contributed by atoms with E-state index in [4.69, 9.17) is 11.6 Å². The smallest absolute Gasteiger partial charge is 0.334 e. The molecule has 0 aliphatic heterocycles. The Morgan fingerprint density at radius 2 is 2.25 bits per heavy atom. The number of ether oxygens (including phenoxy) is 1. The first kappa shape index (κ1) is 10.9. The van der Waals surface area contributed by atoms with Crippen LogP contribution in [0.4, 0.5) is 0 Å². The molecule has 3 nitrogen and oxygen atoms in total. The zero-order valence-electron chi connectivity index (χ0n) is 7.00. The lowest BCUT2D eigenvalue weighted by atomic mass is 10.3. The van der Waals surface area contributed by atoms with E-state index in [9.17, 15) is 4.79 Å². The molecule has 4 heteroatoms. The van der Waals surface area contributed by atoms with Crippen molar-refractivity contribution >= 4 is 22.7 Å². The molecule has 0 spiro atoms. The average Bonchev–Trinajstić information content (AvgIpc) is 2.11. The highest BCUT2D eigenvalue weighted by molar-refractivity contribution is 6.68. The Labute approximate surface area is 76.4 Å². The van der Waals surface area contributed by atoms with Crippen molar-refractivity contribution in [2.45, 2.75) is 6.92 Å². The van der Waals surface area contributed by atoms with Gasteiger partial charge in [0.05, 0.1) is 12.7 Å². The fourth-order valence-electron chi connectivity index (χ4n) is 0.425. The standard InChI is InChI=1S/C8H10ClNO2/c1-4-7(9)10-5-6(2)8(11)12-3/h4-5H,1H2,2-3H3/b6-5+,10-7+. The van der Waals surface area contributed by atoms with Crippen molar-refractivity contribution in [1.29, 1.82) is 0 Å². The lowest BCUT2D eigenvalue weighted by Crippen LogP contribution is -2.00. The minimum Gasteiger partial charge on any atom is -0.466 e. The highest BCUT2D eigenvalue weighted by atomic mass is 35.5. The van der Waals surface area contributed by atoms with Crippen molar-refractivity contribution in [2.24, 2.45) is 4.99 Å². The van der Waals surface area contributed by atoms with Crippen LogP contribution in [0.5, 0.6) is 0 Å². The first-order valence-corrected chi connectivity index (χ1v) is 3.60. The van der Waals surface area contributed by atoms with Crippen molar-refractivity contribution in [2.75, 3.05) is 7.11 Å². The van der Waals surface area contributed by atoms with E-state index in [0.717, 1.165) is 0 Å². The number of esters is 1. The predicted octanol–water partition coefficient (Wildman–Crippen LogP) is 1.89. The molecule has 0 radical (unpaired) electrons. The summed E-state index contributed by atoms with van der Waals surface area (Å²) in [7, 11) is 1.30. The minimum atomic E-state index is -0.424. The van der Waals surface area contributed by atoms with E-state index in [2.05, 4.69) is 16.3 Å². The second-order valence-corrected chi connectivity index (χ2v) is 2.35. The van der Waals surface area contributed by atoms with Crippen LogP contribution < -0.4 is 0 Å². The van der Waals surface area contributed by atoms with Gasteiger partial charge in [0.1, 0.15) is 5.17 Å². The maximum atomic E-state index is 10.8. The van der Waals surface area contributed by atoms with Gasteiger partial charge in [0.25, 0.3) is 0 Å². The second-order valence-electron chi connectivity index (χ2n) is 1.96. The quantitative estimate of drug-likeness (QED) is 0.385. The largest absolute Gasteiger partial charge is 0.466 e. The van der Waals surface area contributed by atoms with Gasteiger partial charge in [0.2, 0.25) is 0 Å². The third-order valence-electron chi connectivity index (χ3n) is 1.06. The third-order valence-corrected chi connectivity index (χ3v) is 1.31. The summed E-state index contributed by atoms with van der Waals surface area (Å²) in [5.41, 5.74) is 0.387. The van der Waals surface area contributed by atoms with E-state index in [-0.39, 0.29) is 5.17 Å². The molecule has 0 aromatic carbocycles. The maximum absolute atomic E-state index is 10.8. The van der Waals surface area contributed by atoms with Gasteiger partial charge < -0.3 is 4.74 Å². The Morgan fingerprint density at radius 1 is 1.67 bits per heavy atom. The number of aliphatic imine (C=N–C) groups is 1. The van der Waals surface area contributed by atoms with Crippen molar-refractivity contribution in [3.05, 3.63) is 24.4 Å². The van der Waals surface area contributed by atoms with Gasteiger partial charge in [-0.1, -0.05) is 18.2 Å². The Bertz CT molecular complexity index is 243. The van der Waals surface area contributed by atoms with Gasteiger partial charge in [-0.05, 0) is 13.0 Å². The molecule has 66 valence electrons. The number of hydrogen-bond acceptors (Lipinski definition) is 3. The number of carbonyl (C=O) groups is 1. The predicted molar refractivity (Wildman–Crippen MR) is 49.3 cm³/mol. The first-order valence-electron chi connectivity index (χ1n) is 3.22. The fourth-order valence-corrected chi connectivity index (χ4v) is 0.474. The van der Waals surface area contributed by atoms with E-state index >= 15 is 0 Å². The van der Waals surface area contributed by atoms with Gasteiger partial charge in [-0.2, -0.15) is 0 Å². The Morgan fingerprint density at radius 3 is 2.67 bits per heavy atom. The monoisotopic (exact) mass is 187 g/mol. The maximum Gasteiger partial charge on any atom is 0.334 e. The molecule has 0 rings (SSSR count). The molecule has 0 aromatic rings. The Hall–Kier alpha value is -1.09. The molecule has 0 saturated carbocycles. The molecule has 0 N–H and O–H groups in total. The van der Waals surface area contributed by atoms with E-state index in [1.54, 1.807) is 6.92 Å². The second kappa shape index (κ2) is 5.55. The minimum absolute atomic E-state index is 0.234. The van der Waals surface area contributed by atoms with Gasteiger partial charge in [-0.3, -0.25) is 0 Å². The lowest BCUT2D eigenvalue weighted by Gasteiger charge is -1.94. The average molecular weight is 188 g/mol. The van der Waals surface area contributed by atoms with Crippen LogP contribution >= 0.6 is 11.6 Å². The highest BCUT2D eigenvalue weighted by Crippen LogP contribution is 1.97. The fraction of sp³-hybridized carbons (Fsp3) is 0.250.